The second-order valence-corrected chi connectivity index (χ2v) is 11.7. The number of ether oxygens (including phenoxy) is 5. The first-order valence-corrected chi connectivity index (χ1v) is 15.4. The zero-order valence-corrected chi connectivity index (χ0v) is 25.0. The molecule has 2 heterocycles. The number of thioether (sulfide) groups is 1. The van der Waals surface area contributed by atoms with E-state index in [9.17, 15) is 5.11 Å². The van der Waals surface area contributed by atoms with Gasteiger partial charge in [0, 0.05) is 63.6 Å². The molecular weight excluding hydrogens is 528 g/mol. The number of benzene rings is 2. The van der Waals surface area contributed by atoms with Crippen LogP contribution >= 0.6 is 11.8 Å². The molecule has 8 nitrogen and oxygen atoms in total. The lowest BCUT2D eigenvalue weighted by Crippen LogP contribution is -2.51. The molecule has 0 spiro atoms. The van der Waals surface area contributed by atoms with Crippen molar-refractivity contribution in [1.29, 1.82) is 0 Å². The number of aliphatic hydroxyl groups is 1. The van der Waals surface area contributed by atoms with E-state index >= 15 is 0 Å². The van der Waals surface area contributed by atoms with Gasteiger partial charge in [0.05, 0.1) is 43.8 Å². The fourth-order valence-electron chi connectivity index (χ4n) is 5.30. The molecule has 0 amide bonds. The van der Waals surface area contributed by atoms with Gasteiger partial charge < -0.3 is 39.0 Å². The van der Waals surface area contributed by atoms with E-state index < -0.39 is 6.10 Å². The molecule has 2 aliphatic heterocycles. The van der Waals surface area contributed by atoms with E-state index in [1.165, 1.54) is 10.5 Å². The van der Waals surface area contributed by atoms with Crippen LogP contribution in [0.1, 0.15) is 36.8 Å². The van der Waals surface area contributed by atoms with Crippen LogP contribution < -0.4 is 15.0 Å². The van der Waals surface area contributed by atoms with Crippen LogP contribution in [0.15, 0.2) is 47.4 Å². The highest BCUT2D eigenvalue weighted by Crippen LogP contribution is 2.35. The SMILES string of the molecule is COCCCSc1ccc([C@@H]2[C@@H](OCc3ccc4c(c3)N(CCCOC)CCO4)CNC[C@H]2OC[C@@H](C)O)cc1. The maximum absolute atomic E-state index is 9.89. The Morgan fingerprint density at radius 1 is 1.02 bits per heavy atom. The normalized spacial score (nSPS) is 21.6. The summed E-state index contributed by atoms with van der Waals surface area (Å²) in [5.74, 6) is 2.01. The van der Waals surface area contributed by atoms with Crippen LogP contribution in [0.25, 0.3) is 0 Å². The van der Waals surface area contributed by atoms with E-state index in [0.29, 0.717) is 19.8 Å². The predicted molar refractivity (Wildman–Crippen MR) is 160 cm³/mol. The molecule has 4 atom stereocenters. The molecule has 1 fully saturated rings. The van der Waals surface area contributed by atoms with Crippen molar-refractivity contribution in [2.75, 3.05) is 77.5 Å². The van der Waals surface area contributed by atoms with Gasteiger partial charge >= 0.3 is 0 Å². The van der Waals surface area contributed by atoms with Crippen molar-refractivity contribution < 1.29 is 28.8 Å². The van der Waals surface area contributed by atoms with Crippen LogP contribution in [0.2, 0.25) is 0 Å². The monoisotopic (exact) mass is 574 g/mol. The maximum Gasteiger partial charge on any atom is 0.142 e. The van der Waals surface area contributed by atoms with Crippen LogP contribution in [-0.4, -0.2) is 96.0 Å². The summed E-state index contributed by atoms with van der Waals surface area (Å²) >= 11 is 1.85. The first kappa shape index (κ1) is 31.1. The van der Waals surface area contributed by atoms with Gasteiger partial charge in [-0.15, -0.1) is 11.8 Å². The van der Waals surface area contributed by atoms with E-state index in [-0.39, 0.29) is 18.1 Å². The number of nitrogens with one attached hydrogen (secondary N) is 1. The first-order valence-electron chi connectivity index (χ1n) is 14.4. The van der Waals surface area contributed by atoms with Gasteiger partial charge in [0.25, 0.3) is 0 Å². The Morgan fingerprint density at radius 2 is 1.77 bits per heavy atom. The molecule has 0 aliphatic carbocycles. The Hall–Kier alpha value is -1.85. The average Bonchev–Trinajstić information content (AvgIpc) is 2.98. The number of fused-ring (bicyclic) bond motifs is 1. The molecule has 0 saturated carbocycles. The van der Waals surface area contributed by atoms with Crippen LogP contribution in [0, 0.1) is 0 Å². The van der Waals surface area contributed by atoms with Crippen LogP contribution in [0.3, 0.4) is 0 Å². The predicted octanol–water partition coefficient (Wildman–Crippen LogP) is 4.09. The van der Waals surface area contributed by atoms with Gasteiger partial charge in [-0.1, -0.05) is 18.2 Å². The highest BCUT2D eigenvalue weighted by Gasteiger charge is 2.36. The lowest BCUT2D eigenvalue weighted by molar-refractivity contribution is -0.0752. The van der Waals surface area contributed by atoms with E-state index in [2.05, 4.69) is 52.7 Å². The standard InChI is InChI=1S/C31H46N2O6S/c1-23(34)21-38-29-19-32-20-30(31(29)25-7-9-26(10-8-25)40-17-5-15-36-3)39-22-24-6-11-28-27(18-24)33(13-16-37-28)12-4-14-35-2/h6-11,18,23,29-32,34H,4-5,12-17,19-22H2,1-3H3/t23-,29-,30+,31+/m1/s1. The first-order chi connectivity index (χ1) is 19.6. The lowest BCUT2D eigenvalue weighted by Gasteiger charge is -2.39. The van der Waals surface area contributed by atoms with Gasteiger partial charge in [-0.05, 0) is 55.2 Å². The summed E-state index contributed by atoms with van der Waals surface area (Å²) in [5.41, 5.74) is 3.44. The minimum Gasteiger partial charge on any atom is -0.490 e. The summed E-state index contributed by atoms with van der Waals surface area (Å²) in [6.45, 7) is 8.05. The van der Waals surface area contributed by atoms with Crippen molar-refractivity contribution in [3.63, 3.8) is 0 Å². The van der Waals surface area contributed by atoms with Crippen LogP contribution in [-0.2, 0) is 25.6 Å². The molecule has 0 radical (unpaired) electrons. The minimum absolute atomic E-state index is 0.0547. The van der Waals surface area contributed by atoms with Gasteiger partial charge in [0.15, 0.2) is 0 Å². The lowest BCUT2D eigenvalue weighted by atomic mass is 9.85. The number of anilines is 1. The van der Waals surface area contributed by atoms with Crippen molar-refractivity contribution in [3.05, 3.63) is 53.6 Å². The number of rotatable bonds is 16. The molecule has 0 unspecified atom stereocenters. The summed E-state index contributed by atoms with van der Waals surface area (Å²) in [5, 5.41) is 13.4. The molecule has 9 heteroatoms. The van der Waals surface area contributed by atoms with Gasteiger partial charge in [-0.3, -0.25) is 0 Å². The number of hydrogen-bond acceptors (Lipinski definition) is 9. The number of hydrogen-bond donors (Lipinski definition) is 2. The number of nitrogens with zero attached hydrogens (tertiary/aromatic N) is 1. The second-order valence-electron chi connectivity index (χ2n) is 10.5. The second kappa shape index (κ2) is 16.6. The number of piperidine rings is 1. The Morgan fingerprint density at radius 3 is 2.52 bits per heavy atom. The van der Waals surface area contributed by atoms with Gasteiger partial charge in [-0.2, -0.15) is 0 Å². The molecule has 1 saturated heterocycles. The summed E-state index contributed by atoms with van der Waals surface area (Å²) in [4.78, 5) is 3.63. The van der Waals surface area contributed by atoms with Gasteiger partial charge in [-0.25, -0.2) is 0 Å². The molecule has 222 valence electrons. The maximum atomic E-state index is 9.89. The Bertz CT molecular complexity index is 1010. The van der Waals surface area contributed by atoms with E-state index in [1.54, 1.807) is 21.1 Å². The third kappa shape index (κ3) is 9.08. The van der Waals surface area contributed by atoms with E-state index in [4.69, 9.17) is 23.7 Å². The minimum atomic E-state index is -0.516. The molecular formula is C31H46N2O6S. The fourth-order valence-corrected chi connectivity index (χ4v) is 6.13. The van der Waals surface area contributed by atoms with E-state index in [0.717, 1.165) is 75.0 Å². The molecule has 0 bridgehead atoms. The average molecular weight is 575 g/mol. The van der Waals surface area contributed by atoms with Crippen molar-refractivity contribution in [1.82, 2.24) is 5.32 Å². The highest BCUT2D eigenvalue weighted by molar-refractivity contribution is 7.99. The third-order valence-electron chi connectivity index (χ3n) is 7.29. The van der Waals surface area contributed by atoms with Crippen molar-refractivity contribution in [2.24, 2.45) is 0 Å². The zero-order chi connectivity index (χ0) is 28.2. The molecule has 4 rings (SSSR count). The molecule has 2 aliphatic rings. The Labute approximate surface area is 243 Å². The summed E-state index contributed by atoms with van der Waals surface area (Å²) < 4.78 is 29.2. The summed E-state index contributed by atoms with van der Waals surface area (Å²) in [7, 11) is 3.49. The zero-order valence-electron chi connectivity index (χ0n) is 24.2. The van der Waals surface area contributed by atoms with Crippen LogP contribution in [0.4, 0.5) is 5.69 Å². The molecule has 40 heavy (non-hydrogen) atoms. The quantitative estimate of drug-likeness (QED) is 0.228. The van der Waals surface area contributed by atoms with Gasteiger partial charge in [0.1, 0.15) is 12.4 Å². The van der Waals surface area contributed by atoms with Crippen molar-refractivity contribution >= 4 is 17.4 Å². The smallest absolute Gasteiger partial charge is 0.142 e. The van der Waals surface area contributed by atoms with Crippen LogP contribution in [0.5, 0.6) is 5.75 Å². The Kier molecular flexibility index (Phi) is 12.9. The summed E-state index contributed by atoms with van der Waals surface area (Å²) in [6.07, 6.45) is 1.32. The Balaban J connectivity index is 1.45. The number of methoxy groups -OCH3 is 2. The molecule has 2 aromatic carbocycles. The van der Waals surface area contributed by atoms with Crippen molar-refractivity contribution in [2.45, 2.75) is 55.5 Å². The molecule has 0 aromatic heterocycles. The highest BCUT2D eigenvalue weighted by atomic mass is 32.2. The topological polar surface area (TPSA) is 81.7 Å². The molecule has 2 N–H and O–H groups in total. The fraction of sp³-hybridized carbons (Fsp3) is 0.613. The third-order valence-corrected chi connectivity index (χ3v) is 8.39. The van der Waals surface area contributed by atoms with Gasteiger partial charge in [0.2, 0.25) is 0 Å². The van der Waals surface area contributed by atoms with E-state index in [1.807, 2.05) is 11.8 Å². The summed E-state index contributed by atoms with van der Waals surface area (Å²) in [6, 6.07) is 15.2. The van der Waals surface area contributed by atoms with Crippen molar-refractivity contribution in [3.8, 4) is 5.75 Å². The number of aliphatic hydroxyl groups excluding tert-OH is 1. The largest absolute Gasteiger partial charge is 0.490 e. The molecule has 2 aromatic rings.